The summed E-state index contributed by atoms with van der Waals surface area (Å²) in [6.07, 6.45) is 7.54. The SMILES string of the molecule is CC(C)C[C@H](NC(=O)[C@@H](N)CS)C(=O)N[C@@H](CCCNC(=N)N)C(=O)N[C@@H](Cc1c[nH]c2ccccc12)C(=O)N[C@@H](Cc1c[nH]c2ccccc12)C(=O)N[C@@H](Cc1c[nH]c2ccccc12)C(=O)N1CCC[C@H]1C(=O)N[C@@H](Cc1c[nH]c2ccccc12)C(=O)N[C@@H](CCCNC(=N)N)C(=O)N[C@@H](CCCNC(=N)N)C(=O)N[C@@H](CCCCN)C(=O)O. The Balaban J connectivity index is 1.04. The van der Waals surface area contributed by atoms with E-state index in [0.29, 0.717) is 78.7 Å². The van der Waals surface area contributed by atoms with Gasteiger partial charge in [0.2, 0.25) is 59.1 Å². The van der Waals surface area contributed by atoms with Crippen molar-refractivity contribution in [2.24, 2.45) is 34.6 Å². The number of carbonyl (C=O) groups is 11. The van der Waals surface area contributed by atoms with E-state index in [1.54, 1.807) is 43.0 Å². The van der Waals surface area contributed by atoms with Crippen LogP contribution in [-0.2, 0) is 78.4 Å². The summed E-state index contributed by atoms with van der Waals surface area (Å²) >= 11 is 4.16. The molecule has 0 radical (unpaired) electrons. The summed E-state index contributed by atoms with van der Waals surface area (Å²) in [7, 11) is 0. The second-order valence-electron chi connectivity index (χ2n) is 30.5. The quantitative estimate of drug-likeness (QED) is 0.0107. The molecule has 120 heavy (non-hydrogen) atoms. The Hall–Kier alpha value is -12.7. The monoisotopic (exact) mass is 1670 g/mol. The lowest BCUT2D eigenvalue weighted by Crippen LogP contribution is -2.61. The highest BCUT2D eigenvalue weighted by atomic mass is 32.1. The van der Waals surface area contributed by atoms with Crippen LogP contribution < -0.4 is 92.5 Å². The largest absolute Gasteiger partial charge is 0.480 e. The summed E-state index contributed by atoms with van der Waals surface area (Å²) in [5.74, 6) is -10.5. The predicted molar refractivity (Wildman–Crippen MR) is 459 cm³/mol. The van der Waals surface area contributed by atoms with Crippen molar-refractivity contribution in [3.05, 3.63) is 144 Å². The first-order chi connectivity index (χ1) is 57.6. The van der Waals surface area contributed by atoms with E-state index in [1.807, 2.05) is 92.7 Å². The third kappa shape index (κ3) is 26.1. The van der Waals surface area contributed by atoms with Gasteiger partial charge in [0.1, 0.15) is 60.4 Å². The molecule has 9 rings (SSSR count). The molecule has 0 aliphatic carbocycles. The van der Waals surface area contributed by atoms with Gasteiger partial charge in [-0.05, 0) is 136 Å². The number of carboxylic acid groups (broad SMARTS) is 1. The average Bonchev–Trinajstić information content (AvgIpc) is 1.62. The van der Waals surface area contributed by atoms with Crippen LogP contribution in [0.5, 0.6) is 0 Å². The first-order valence-electron chi connectivity index (χ1n) is 40.4. The number of nitrogens with one attached hydrogen (secondary N) is 19. The van der Waals surface area contributed by atoms with Crippen LogP contribution in [0.1, 0.15) is 113 Å². The van der Waals surface area contributed by atoms with Crippen LogP contribution in [-0.4, -0.2) is 218 Å². The molecular weight excluding hydrogens is 1560 g/mol. The van der Waals surface area contributed by atoms with E-state index >= 15 is 28.8 Å². The minimum absolute atomic E-state index is 0.00977. The van der Waals surface area contributed by atoms with Gasteiger partial charge in [-0.2, -0.15) is 12.6 Å². The van der Waals surface area contributed by atoms with Crippen molar-refractivity contribution in [3.63, 3.8) is 0 Å². The number of hydrogen-bond acceptors (Lipinski definition) is 17. The number of H-pyrrole nitrogens is 4. The number of amides is 10. The van der Waals surface area contributed by atoms with Gasteiger partial charge in [-0.25, -0.2) is 4.79 Å². The number of fused-ring (bicyclic) bond motifs is 4. The van der Waals surface area contributed by atoms with Gasteiger partial charge in [-0.15, -0.1) is 0 Å². The molecule has 1 saturated heterocycles. The molecule has 0 spiro atoms. The molecule has 1 aliphatic heterocycles. The second kappa shape index (κ2) is 44.7. The van der Waals surface area contributed by atoms with Crippen LogP contribution in [0.3, 0.4) is 0 Å². The summed E-state index contributed by atoms with van der Waals surface area (Å²) < 4.78 is 0. The summed E-state index contributed by atoms with van der Waals surface area (Å²) in [5, 5.41) is 69.5. The van der Waals surface area contributed by atoms with Gasteiger partial charge in [0.25, 0.3) is 0 Å². The van der Waals surface area contributed by atoms with E-state index in [4.69, 9.17) is 44.9 Å². The van der Waals surface area contributed by atoms with E-state index in [0.717, 1.165) is 0 Å². The summed E-state index contributed by atoms with van der Waals surface area (Å²) in [4.78, 5) is 177. The number of likely N-dealkylation sites (tertiary alicyclic amines) is 1. The molecule has 1 fully saturated rings. The van der Waals surface area contributed by atoms with Crippen LogP contribution >= 0.6 is 12.6 Å². The Kier molecular flexibility index (Phi) is 34.0. The number of para-hydroxylation sites is 4. The molecule has 37 nitrogen and oxygen atoms in total. The van der Waals surface area contributed by atoms with Crippen molar-refractivity contribution in [2.45, 2.75) is 183 Å². The topological polar surface area (TPSA) is 620 Å². The number of thiol groups is 1. The van der Waals surface area contributed by atoms with Gasteiger partial charge in [-0.1, -0.05) is 86.6 Å². The molecule has 0 saturated carbocycles. The number of carboxylic acids is 1. The van der Waals surface area contributed by atoms with Crippen molar-refractivity contribution in [1.29, 1.82) is 16.2 Å². The van der Waals surface area contributed by atoms with Crippen molar-refractivity contribution in [1.82, 2.24) is 88.6 Å². The third-order valence-corrected chi connectivity index (χ3v) is 21.4. The van der Waals surface area contributed by atoms with E-state index in [9.17, 15) is 29.1 Å². The highest BCUT2D eigenvalue weighted by Gasteiger charge is 2.42. The molecule has 0 unspecified atom stereocenters. The Morgan fingerprint density at radius 1 is 0.442 bits per heavy atom. The number of benzene rings is 4. The lowest BCUT2D eigenvalue weighted by molar-refractivity contribution is -0.143. The van der Waals surface area contributed by atoms with Crippen molar-refractivity contribution < 1.29 is 57.8 Å². The summed E-state index contributed by atoms with van der Waals surface area (Å²) in [6, 6.07) is 14.0. The molecular formula is C82H113N25O12S. The molecule has 4 aromatic heterocycles. The number of aliphatic carboxylic acids is 1. The maximum atomic E-state index is 16.0. The number of nitrogens with zero attached hydrogens (tertiary/aromatic N) is 1. The molecule has 1 aliphatic rings. The van der Waals surface area contributed by atoms with E-state index in [2.05, 4.69) is 96.4 Å². The van der Waals surface area contributed by atoms with Gasteiger partial charge in [0.05, 0.1) is 6.04 Å². The van der Waals surface area contributed by atoms with Crippen LogP contribution in [0.4, 0.5) is 0 Å². The zero-order chi connectivity index (χ0) is 86.5. The van der Waals surface area contributed by atoms with E-state index in [-0.39, 0.29) is 152 Å². The molecule has 38 heteroatoms. The first kappa shape index (κ1) is 91.2. The zero-order valence-corrected chi connectivity index (χ0v) is 68.1. The Morgan fingerprint density at radius 3 is 1.12 bits per heavy atom. The van der Waals surface area contributed by atoms with E-state index < -0.39 is 132 Å². The normalized spacial score (nSPS) is 15.2. The molecule has 0 bridgehead atoms. The number of hydrogen-bond donors (Lipinski definition) is 26. The Bertz CT molecular complexity index is 4920. The number of carbonyl (C=O) groups excluding carboxylic acids is 10. The highest BCUT2D eigenvalue weighted by Crippen LogP contribution is 2.27. The standard InChI is InChI=1S/C82H113N25O12S/c1-45(2)35-63(102-69(108)54(84)44-120)73(112)99-61(28-15-33-93-82(89)90)72(111)103-64(36-46-40-94-55-21-7-3-17-50(46)55)75(114)104-65(37-47-41-95-56-22-8-4-18-51(47)56)76(115)106-67(39-49-43-97-58-24-10-6-20-53(49)58)78(117)107-34-16-29-68(107)77(116)105-66(38-48-42-96-57-23-9-5-19-52(48)57)74(113)100-59(26-13-31-91-80(85)86)70(109)98-60(27-14-32-92-81(87)88)71(110)101-62(79(118)119)25-11-12-30-83/h3-10,17-24,40-43,45,54,59-68,94-97,120H,11-16,25-39,44,83-84H2,1-2H3,(H,98,109)(H,99,112)(H,100,113)(H,101,110)(H,102,108)(H,103,111)(H,104,114)(H,105,116)(H,106,115)(H,118,119)(H4,85,86,91)(H4,87,88,92)(H4,89,90,93)/t54-,59-,60-,61-,62-,63-,64-,65-,66-,67-,68-/m0/s1. The molecule has 644 valence electrons. The number of aromatic nitrogens is 4. The fraction of sp³-hybridized carbons (Fsp3) is 0.439. The van der Waals surface area contributed by atoms with Crippen LogP contribution in [0.25, 0.3) is 43.6 Å². The van der Waals surface area contributed by atoms with Gasteiger partial charge in [0, 0.05) is 126 Å². The van der Waals surface area contributed by atoms with Crippen molar-refractivity contribution >= 4 is 139 Å². The third-order valence-electron chi connectivity index (χ3n) is 21.0. The molecule has 10 amide bonds. The van der Waals surface area contributed by atoms with Crippen molar-refractivity contribution in [3.8, 4) is 0 Å². The van der Waals surface area contributed by atoms with Gasteiger partial charge >= 0.3 is 5.97 Å². The smallest absolute Gasteiger partial charge is 0.326 e. The lowest BCUT2D eigenvalue weighted by atomic mass is 9.99. The molecule has 30 N–H and O–H groups in total. The maximum absolute atomic E-state index is 16.0. The number of aromatic amines is 4. The number of rotatable bonds is 47. The predicted octanol–water partition coefficient (Wildman–Crippen LogP) is 0.543. The summed E-state index contributed by atoms with van der Waals surface area (Å²) in [6.45, 7) is 4.22. The van der Waals surface area contributed by atoms with E-state index in [1.165, 1.54) is 4.90 Å². The van der Waals surface area contributed by atoms with Gasteiger partial charge in [-0.3, -0.25) is 64.2 Å². The average molecular weight is 1670 g/mol. The van der Waals surface area contributed by atoms with Gasteiger partial charge in [0.15, 0.2) is 17.9 Å². The Labute approximate surface area is 698 Å². The fourth-order valence-corrected chi connectivity index (χ4v) is 15.0. The number of nitrogens with two attached hydrogens (primary N) is 5. The first-order valence-corrected chi connectivity index (χ1v) is 41.0. The second-order valence-corrected chi connectivity index (χ2v) is 30.8. The lowest BCUT2D eigenvalue weighted by Gasteiger charge is -2.31. The maximum Gasteiger partial charge on any atom is 0.326 e. The van der Waals surface area contributed by atoms with Crippen LogP contribution in [0, 0.1) is 22.1 Å². The van der Waals surface area contributed by atoms with Gasteiger partial charge < -0.3 is 122 Å². The van der Waals surface area contributed by atoms with Crippen molar-refractivity contribution in [2.75, 3.05) is 38.5 Å². The fourth-order valence-electron chi connectivity index (χ4n) is 14.8. The number of guanidine groups is 3. The highest BCUT2D eigenvalue weighted by molar-refractivity contribution is 7.80. The van der Waals surface area contributed by atoms with Crippen LogP contribution in [0.2, 0.25) is 0 Å². The zero-order valence-electron chi connectivity index (χ0n) is 67.3. The number of unbranched alkanes of at least 4 members (excludes halogenated alkanes) is 1. The van der Waals surface area contributed by atoms with Crippen LogP contribution in [0.15, 0.2) is 122 Å². The molecule has 8 aromatic rings. The molecule has 4 aromatic carbocycles. The Morgan fingerprint density at radius 2 is 0.758 bits per heavy atom. The molecule has 5 heterocycles. The molecule has 11 atom stereocenters. The minimum atomic E-state index is -1.54. The minimum Gasteiger partial charge on any atom is -0.480 e. The summed E-state index contributed by atoms with van der Waals surface area (Å²) in [5.41, 5.74) is 33.6.